The Kier molecular flexibility index (Phi) is 4.97. The Hall–Kier alpha value is -1.35. The minimum absolute atomic E-state index is 0.194. The molecule has 0 radical (unpaired) electrons. The molecule has 19 heavy (non-hydrogen) atoms. The predicted molar refractivity (Wildman–Crippen MR) is 74.9 cm³/mol. The average molecular weight is 262 g/mol. The van der Waals surface area contributed by atoms with Gasteiger partial charge < -0.3 is 9.47 Å². The topological polar surface area (TPSA) is 35.5 Å². The number of hydrogen-bond donors (Lipinski definition) is 0. The van der Waals surface area contributed by atoms with E-state index in [4.69, 9.17) is 9.47 Å². The molecule has 0 aromatic heterocycles. The molecule has 0 bridgehead atoms. The van der Waals surface area contributed by atoms with Crippen LogP contribution in [0.5, 0.6) is 5.75 Å². The zero-order chi connectivity index (χ0) is 13.7. The maximum atomic E-state index is 12.1. The van der Waals surface area contributed by atoms with Gasteiger partial charge in [-0.05, 0) is 56.4 Å². The number of ether oxygens (including phenoxy) is 2. The molecule has 1 aromatic rings. The van der Waals surface area contributed by atoms with Crippen molar-refractivity contribution in [3.8, 4) is 5.75 Å². The quantitative estimate of drug-likeness (QED) is 0.761. The van der Waals surface area contributed by atoms with Gasteiger partial charge in [0, 0.05) is 18.6 Å². The Morgan fingerprint density at radius 2 is 2.26 bits per heavy atom. The van der Waals surface area contributed by atoms with Crippen molar-refractivity contribution in [2.45, 2.75) is 45.1 Å². The average Bonchev–Trinajstić information content (AvgIpc) is 2.45. The Balaban J connectivity index is 1.90. The number of carbonyl (C=O) groups excluding carboxylic acids is 1. The molecule has 3 heteroatoms. The van der Waals surface area contributed by atoms with Crippen molar-refractivity contribution in [2.75, 3.05) is 13.7 Å². The van der Waals surface area contributed by atoms with E-state index in [9.17, 15) is 4.79 Å². The van der Waals surface area contributed by atoms with Gasteiger partial charge in [-0.1, -0.05) is 0 Å². The maximum Gasteiger partial charge on any atom is 0.162 e. The van der Waals surface area contributed by atoms with Crippen LogP contribution in [0.1, 0.15) is 48.0 Å². The molecule has 104 valence electrons. The highest BCUT2D eigenvalue weighted by Crippen LogP contribution is 2.21. The van der Waals surface area contributed by atoms with Gasteiger partial charge in [0.1, 0.15) is 5.75 Å². The van der Waals surface area contributed by atoms with E-state index in [-0.39, 0.29) is 11.9 Å². The lowest BCUT2D eigenvalue weighted by atomic mass is 9.99. The molecule has 1 aliphatic heterocycles. The smallest absolute Gasteiger partial charge is 0.162 e. The number of carbonyl (C=O) groups is 1. The van der Waals surface area contributed by atoms with Crippen LogP contribution in [0.4, 0.5) is 0 Å². The summed E-state index contributed by atoms with van der Waals surface area (Å²) in [7, 11) is 1.64. The van der Waals surface area contributed by atoms with Crippen LogP contribution in [0, 0.1) is 6.92 Å². The molecule has 2 rings (SSSR count). The molecule has 1 aromatic carbocycles. The normalized spacial score (nSPS) is 19.2. The minimum Gasteiger partial charge on any atom is -0.496 e. The summed E-state index contributed by atoms with van der Waals surface area (Å²) < 4.78 is 10.9. The van der Waals surface area contributed by atoms with Gasteiger partial charge in [0.15, 0.2) is 5.78 Å². The van der Waals surface area contributed by atoms with Crippen molar-refractivity contribution >= 4 is 5.78 Å². The first-order valence-corrected chi connectivity index (χ1v) is 7.00. The lowest BCUT2D eigenvalue weighted by molar-refractivity contribution is 0.0104. The maximum absolute atomic E-state index is 12.1. The van der Waals surface area contributed by atoms with Crippen molar-refractivity contribution in [3.63, 3.8) is 0 Å². The number of methoxy groups -OCH3 is 1. The molecular weight excluding hydrogens is 240 g/mol. The number of Topliss-reactive ketones (excluding diaryl/α,β-unsaturated/α-hetero) is 1. The van der Waals surface area contributed by atoms with Crippen molar-refractivity contribution in [1.29, 1.82) is 0 Å². The number of ketones is 1. The summed E-state index contributed by atoms with van der Waals surface area (Å²) >= 11 is 0. The van der Waals surface area contributed by atoms with Gasteiger partial charge in [-0.15, -0.1) is 0 Å². The largest absolute Gasteiger partial charge is 0.496 e. The van der Waals surface area contributed by atoms with Gasteiger partial charge in [0.25, 0.3) is 0 Å². The van der Waals surface area contributed by atoms with Gasteiger partial charge in [0.05, 0.1) is 13.2 Å². The standard InChI is InChI=1S/C16H22O3/c1-12-11-13(6-9-16(12)18-2)15(17)8-7-14-5-3-4-10-19-14/h6,9,11,14H,3-5,7-8,10H2,1-2H3. The van der Waals surface area contributed by atoms with Crippen LogP contribution in [-0.4, -0.2) is 25.6 Å². The molecule has 1 saturated heterocycles. The van der Waals surface area contributed by atoms with Crippen molar-refractivity contribution in [2.24, 2.45) is 0 Å². The summed E-state index contributed by atoms with van der Waals surface area (Å²) in [5, 5.41) is 0. The second-order valence-electron chi connectivity index (χ2n) is 5.13. The highest BCUT2D eigenvalue weighted by Gasteiger charge is 2.16. The van der Waals surface area contributed by atoms with Gasteiger partial charge >= 0.3 is 0 Å². The fourth-order valence-electron chi connectivity index (χ4n) is 2.52. The predicted octanol–water partition coefficient (Wildman–Crippen LogP) is 3.54. The molecule has 0 saturated carbocycles. The van der Waals surface area contributed by atoms with E-state index < -0.39 is 0 Å². The van der Waals surface area contributed by atoms with E-state index in [1.54, 1.807) is 7.11 Å². The van der Waals surface area contributed by atoms with Crippen LogP contribution in [0.3, 0.4) is 0 Å². The van der Waals surface area contributed by atoms with E-state index in [2.05, 4.69) is 0 Å². The van der Waals surface area contributed by atoms with Gasteiger partial charge in [0.2, 0.25) is 0 Å². The first-order chi connectivity index (χ1) is 9.20. The fourth-order valence-corrected chi connectivity index (χ4v) is 2.52. The molecular formula is C16H22O3. The lowest BCUT2D eigenvalue weighted by Crippen LogP contribution is -2.20. The van der Waals surface area contributed by atoms with E-state index in [0.29, 0.717) is 6.42 Å². The molecule has 3 nitrogen and oxygen atoms in total. The second kappa shape index (κ2) is 6.71. The number of aryl methyl sites for hydroxylation is 1. The van der Waals surface area contributed by atoms with Gasteiger partial charge in [-0.25, -0.2) is 0 Å². The Morgan fingerprint density at radius 1 is 1.42 bits per heavy atom. The van der Waals surface area contributed by atoms with Crippen LogP contribution < -0.4 is 4.74 Å². The Labute approximate surface area is 114 Å². The van der Waals surface area contributed by atoms with Crippen molar-refractivity contribution in [3.05, 3.63) is 29.3 Å². The van der Waals surface area contributed by atoms with Crippen molar-refractivity contribution < 1.29 is 14.3 Å². The third-order valence-corrected chi connectivity index (χ3v) is 3.68. The molecule has 0 spiro atoms. The van der Waals surface area contributed by atoms with E-state index in [1.807, 2.05) is 25.1 Å². The van der Waals surface area contributed by atoms with Gasteiger partial charge in [-0.3, -0.25) is 4.79 Å². The zero-order valence-corrected chi connectivity index (χ0v) is 11.8. The number of benzene rings is 1. The van der Waals surface area contributed by atoms with Crippen LogP contribution in [0.25, 0.3) is 0 Å². The fraction of sp³-hybridized carbons (Fsp3) is 0.562. The van der Waals surface area contributed by atoms with E-state index in [0.717, 1.165) is 42.7 Å². The summed E-state index contributed by atoms with van der Waals surface area (Å²) in [5.41, 5.74) is 1.77. The SMILES string of the molecule is COc1ccc(C(=O)CCC2CCCCO2)cc1C. The van der Waals surface area contributed by atoms with Crippen LogP contribution in [0.2, 0.25) is 0 Å². The number of hydrogen-bond acceptors (Lipinski definition) is 3. The van der Waals surface area contributed by atoms with Crippen molar-refractivity contribution in [1.82, 2.24) is 0 Å². The zero-order valence-electron chi connectivity index (χ0n) is 11.8. The summed E-state index contributed by atoms with van der Waals surface area (Å²) in [6.07, 6.45) is 5.15. The van der Waals surface area contributed by atoms with E-state index in [1.165, 1.54) is 6.42 Å². The van der Waals surface area contributed by atoms with Crippen LogP contribution in [-0.2, 0) is 4.74 Å². The molecule has 1 fully saturated rings. The van der Waals surface area contributed by atoms with Gasteiger partial charge in [-0.2, -0.15) is 0 Å². The molecule has 0 amide bonds. The third-order valence-electron chi connectivity index (χ3n) is 3.68. The second-order valence-corrected chi connectivity index (χ2v) is 5.13. The molecule has 1 unspecified atom stereocenters. The Bertz CT molecular complexity index is 434. The molecule has 1 aliphatic rings. The summed E-state index contributed by atoms with van der Waals surface area (Å²) in [4.78, 5) is 12.1. The lowest BCUT2D eigenvalue weighted by Gasteiger charge is -2.22. The third kappa shape index (κ3) is 3.80. The molecule has 0 aliphatic carbocycles. The summed E-state index contributed by atoms with van der Waals surface area (Å²) in [5.74, 6) is 1.02. The molecule has 1 heterocycles. The molecule has 0 N–H and O–H groups in total. The first kappa shape index (κ1) is 14.1. The van der Waals surface area contributed by atoms with Crippen LogP contribution >= 0.6 is 0 Å². The highest BCUT2D eigenvalue weighted by atomic mass is 16.5. The highest BCUT2D eigenvalue weighted by molar-refractivity contribution is 5.96. The first-order valence-electron chi connectivity index (χ1n) is 7.00. The van der Waals surface area contributed by atoms with E-state index >= 15 is 0 Å². The summed E-state index contributed by atoms with van der Waals surface area (Å²) in [6, 6.07) is 5.61. The minimum atomic E-state index is 0.194. The molecule has 1 atom stereocenters. The summed E-state index contributed by atoms with van der Waals surface area (Å²) in [6.45, 7) is 2.81. The Morgan fingerprint density at radius 3 is 2.89 bits per heavy atom. The number of rotatable bonds is 5. The monoisotopic (exact) mass is 262 g/mol. The van der Waals surface area contributed by atoms with Crippen LogP contribution in [0.15, 0.2) is 18.2 Å².